The van der Waals surface area contributed by atoms with Crippen LogP contribution in [0.15, 0.2) is 65.1 Å². The molecule has 0 amide bonds. The minimum Gasteiger partial charge on any atom is -0.545 e. The molecule has 2 aromatic rings. The first-order valence-corrected chi connectivity index (χ1v) is 10.8. The second-order valence-corrected chi connectivity index (χ2v) is 8.35. The molecule has 154 valence electrons. The maximum Gasteiger partial charge on any atom is 0.203 e. The van der Waals surface area contributed by atoms with Crippen molar-refractivity contribution in [3.05, 3.63) is 71.6 Å². The van der Waals surface area contributed by atoms with E-state index in [0.29, 0.717) is 5.56 Å². The third kappa shape index (κ3) is 2.92. The van der Waals surface area contributed by atoms with Crippen molar-refractivity contribution in [1.82, 2.24) is 4.58 Å². The highest BCUT2D eigenvalue weighted by molar-refractivity contribution is 6.07. The predicted octanol–water partition coefficient (Wildman–Crippen LogP) is 2.95. The van der Waals surface area contributed by atoms with Crippen LogP contribution in [0.4, 0.5) is 5.69 Å². The van der Waals surface area contributed by atoms with E-state index in [1.807, 2.05) is 12.1 Å². The molecule has 0 bridgehead atoms. The predicted molar refractivity (Wildman–Crippen MR) is 119 cm³/mol. The molecule has 31 heavy (non-hydrogen) atoms. The largest absolute Gasteiger partial charge is 0.545 e. The summed E-state index contributed by atoms with van der Waals surface area (Å²) < 4.78 is 8.73. The van der Waals surface area contributed by atoms with Crippen molar-refractivity contribution in [1.29, 1.82) is 0 Å². The summed E-state index contributed by atoms with van der Waals surface area (Å²) in [7, 11) is 0. The minimum absolute atomic E-state index is 0.190. The van der Waals surface area contributed by atoms with Crippen LogP contribution in [0, 0.1) is 0 Å². The van der Waals surface area contributed by atoms with Crippen LogP contribution < -0.4 is 19.9 Å². The Morgan fingerprint density at radius 1 is 0.935 bits per heavy atom. The number of benzene rings is 3. The summed E-state index contributed by atoms with van der Waals surface area (Å²) in [5.74, 6) is -0.409. The Hall–Kier alpha value is -3.60. The molecule has 0 saturated carbocycles. The summed E-state index contributed by atoms with van der Waals surface area (Å²) in [5.41, 5.74) is 4.53. The molecule has 1 aliphatic carbocycles. The lowest BCUT2D eigenvalue weighted by atomic mass is 9.90. The molecular weight excluding hydrogens is 388 g/mol. The maximum absolute atomic E-state index is 11.9. The first-order valence-electron chi connectivity index (χ1n) is 10.8. The van der Waals surface area contributed by atoms with Crippen molar-refractivity contribution in [3.8, 4) is 22.5 Å². The molecule has 0 radical (unpaired) electrons. The summed E-state index contributed by atoms with van der Waals surface area (Å²) in [6.45, 7) is 4.22. The van der Waals surface area contributed by atoms with E-state index in [2.05, 4.69) is 45.9 Å². The number of carbonyl (C=O) groups excluding carboxylic acids is 1. The van der Waals surface area contributed by atoms with Crippen molar-refractivity contribution in [2.75, 3.05) is 31.1 Å². The zero-order chi connectivity index (χ0) is 20.9. The van der Waals surface area contributed by atoms with Crippen LogP contribution in [-0.2, 0) is 0 Å². The highest BCUT2D eigenvalue weighted by Gasteiger charge is 2.23. The number of carboxylic acids is 1. The maximum atomic E-state index is 11.9. The van der Waals surface area contributed by atoms with Gasteiger partial charge in [0.05, 0.1) is 18.5 Å². The number of rotatable bonds is 3. The first kappa shape index (κ1) is 18.2. The van der Waals surface area contributed by atoms with E-state index in [0.717, 1.165) is 65.1 Å². The Morgan fingerprint density at radius 2 is 1.77 bits per heavy atom. The molecule has 2 fully saturated rings. The van der Waals surface area contributed by atoms with E-state index in [-0.39, 0.29) is 5.56 Å². The number of hydrogen-bond acceptors (Lipinski definition) is 4. The second kappa shape index (κ2) is 6.98. The van der Waals surface area contributed by atoms with Crippen LogP contribution in [0.2, 0.25) is 0 Å². The van der Waals surface area contributed by atoms with Gasteiger partial charge in [-0.15, -0.1) is 0 Å². The van der Waals surface area contributed by atoms with Gasteiger partial charge in [-0.05, 0) is 30.2 Å². The van der Waals surface area contributed by atoms with Crippen molar-refractivity contribution in [2.45, 2.75) is 12.8 Å². The zero-order valence-corrected chi connectivity index (χ0v) is 17.1. The van der Waals surface area contributed by atoms with Gasteiger partial charge in [0.25, 0.3) is 0 Å². The third-order valence-corrected chi connectivity index (χ3v) is 6.55. The van der Waals surface area contributed by atoms with Gasteiger partial charge in [0.15, 0.2) is 0 Å². The van der Waals surface area contributed by atoms with E-state index in [9.17, 15) is 9.90 Å². The second-order valence-electron chi connectivity index (χ2n) is 8.35. The Balaban J connectivity index is 1.69. The first-order chi connectivity index (χ1) is 15.2. The molecule has 2 saturated heterocycles. The smallest absolute Gasteiger partial charge is 0.203 e. The molecule has 3 aliphatic heterocycles. The topological polar surface area (TPSA) is 59.5 Å². The number of nitrogens with zero attached hydrogens (tertiary/aromatic N) is 2. The van der Waals surface area contributed by atoms with Crippen LogP contribution in [0.25, 0.3) is 33.4 Å². The fraction of sp³-hybridized carbons (Fsp3) is 0.231. The SMILES string of the molecule is O=C([O-])c1ccccc1-c1c2ccc(=[N+]3CCC3)cc-2oc2cc(N3CCC3)ccc12. The summed E-state index contributed by atoms with van der Waals surface area (Å²) in [5, 5.41) is 13.9. The number of carboxylic acid groups (broad SMARTS) is 1. The summed E-state index contributed by atoms with van der Waals surface area (Å²) in [6.07, 6.45) is 2.41. The number of carbonyl (C=O) groups is 1. The Bertz CT molecular complexity index is 1380. The fourth-order valence-electron chi connectivity index (χ4n) is 4.58. The molecule has 6 rings (SSSR count). The minimum atomic E-state index is -1.17. The van der Waals surface area contributed by atoms with E-state index < -0.39 is 5.97 Å². The lowest BCUT2D eigenvalue weighted by Crippen LogP contribution is -2.40. The molecule has 3 heterocycles. The monoisotopic (exact) mass is 410 g/mol. The molecule has 0 spiro atoms. The molecule has 0 N–H and O–H groups in total. The zero-order valence-electron chi connectivity index (χ0n) is 17.1. The van der Waals surface area contributed by atoms with E-state index in [4.69, 9.17) is 4.42 Å². The van der Waals surface area contributed by atoms with Gasteiger partial charge in [0.1, 0.15) is 24.4 Å². The number of anilines is 1. The van der Waals surface area contributed by atoms with Crippen LogP contribution in [0.1, 0.15) is 23.2 Å². The molecule has 5 nitrogen and oxygen atoms in total. The normalized spacial score (nSPS) is 15.7. The molecular formula is C26H22N2O3. The average Bonchev–Trinajstić information content (AvgIpc) is 2.69. The van der Waals surface area contributed by atoms with Gasteiger partial charge in [0, 0.05) is 53.0 Å². The van der Waals surface area contributed by atoms with Crippen molar-refractivity contribution in [2.24, 2.45) is 0 Å². The van der Waals surface area contributed by atoms with Crippen molar-refractivity contribution < 1.29 is 14.3 Å². The van der Waals surface area contributed by atoms with Gasteiger partial charge < -0.3 is 19.2 Å². The molecule has 5 heteroatoms. The summed E-state index contributed by atoms with van der Waals surface area (Å²) in [4.78, 5) is 14.2. The number of fused-ring (bicyclic) bond motifs is 2. The molecule has 0 aromatic heterocycles. The Labute approximate surface area is 179 Å². The third-order valence-electron chi connectivity index (χ3n) is 6.55. The quantitative estimate of drug-likeness (QED) is 0.385. The Kier molecular flexibility index (Phi) is 4.10. The lowest BCUT2D eigenvalue weighted by molar-refractivity contribution is -0.254. The van der Waals surface area contributed by atoms with Crippen LogP contribution in [0.5, 0.6) is 0 Å². The average molecular weight is 410 g/mol. The van der Waals surface area contributed by atoms with Crippen LogP contribution in [-0.4, -0.2) is 32.1 Å². The van der Waals surface area contributed by atoms with Gasteiger partial charge >= 0.3 is 0 Å². The van der Waals surface area contributed by atoms with Crippen molar-refractivity contribution in [3.63, 3.8) is 0 Å². The summed E-state index contributed by atoms with van der Waals surface area (Å²) >= 11 is 0. The van der Waals surface area contributed by atoms with Crippen LogP contribution >= 0.6 is 0 Å². The van der Waals surface area contributed by atoms with Crippen molar-refractivity contribution >= 4 is 22.6 Å². The van der Waals surface area contributed by atoms with Gasteiger partial charge in [-0.2, -0.15) is 0 Å². The van der Waals surface area contributed by atoms with Gasteiger partial charge in [-0.25, -0.2) is 4.58 Å². The standard InChI is InChI=1S/C26H22N2O3/c29-26(30)20-6-2-1-5-19(20)25-21-9-7-17(27-11-3-12-27)15-23(21)31-24-16-18(8-10-22(24)25)28-13-4-14-28/h1-2,5-10,15-16H,3-4,11-14H2. The number of hydrogen-bond donors (Lipinski definition) is 0. The molecule has 4 aliphatic rings. The fourth-order valence-corrected chi connectivity index (χ4v) is 4.58. The summed E-state index contributed by atoms with van der Waals surface area (Å²) in [6, 6.07) is 19.5. The van der Waals surface area contributed by atoms with E-state index in [1.165, 1.54) is 12.8 Å². The molecule has 0 atom stereocenters. The van der Waals surface area contributed by atoms with Gasteiger partial charge in [0.2, 0.25) is 5.36 Å². The van der Waals surface area contributed by atoms with E-state index >= 15 is 0 Å². The molecule has 0 unspecified atom stereocenters. The van der Waals surface area contributed by atoms with Crippen LogP contribution in [0.3, 0.4) is 0 Å². The highest BCUT2D eigenvalue weighted by atomic mass is 16.4. The van der Waals surface area contributed by atoms with Gasteiger partial charge in [-0.3, -0.25) is 0 Å². The Morgan fingerprint density at radius 3 is 2.48 bits per heavy atom. The van der Waals surface area contributed by atoms with Gasteiger partial charge in [-0.1, -0.05) is 24.3 Å². The van der Waals surface area contributed by atoms with E-state index in [1.54, 1.807) is 12.1 Å². The number of aromatic carboxylic acids is 1. The highest BCUT2D eigenvalue weighted by Crippen LogP contribution is 2.42. The lowest BCUT2D eigenvalue weighted by Gasteiger charge is -2.33. The molecule has 2 aromatic carbocycles.